The van der Waals surface area contributed by atoms with Crippen molar-refractivity contribution in [2.24, 2.45) is 0 Å². The minimum atomic E-state index is -0.707. The Kier molecular flexibility index (Phi) is 13.9. The number of aliphatic carboxylic acids is 1. The minimum absolute atomic E-state index is 0.280. The van der Waals surface area contributed by atoms with Gasteiger partial charge < -0.3 is 15.3 Å². The number of carboxylic acids is 1. The summed E-state index contributed by atoms with van der Waals surface area (Å²) >= 11 is 0. The zero-order chi connectivity index (χ0) is 15.9. The molecule has 4 nitrogen and oxygen atoms in total. The topological polar surface area (TPSA) is 77.8 Å². The van der Waals surface area contributed by atoms with Crippen LogP contribution in [0.3, 0.4) is 0 Å². The maximum Gasteiger partial charge on any atom is 0.303 e. The number of hydrogen-bond donors (Lipinski definition) is 3. The summed E-state index contributed by atoms with van der Waals surface area (Å²) in [6.07, 6.45) is 10.9. The van der Waals surface area contributed by atoms with E-state index >= 15 is 0 Å². The van der Waals surface area contributed by atoms with Gasteiger partial charge in [-0.3, -0.25) is 4.79 Å². The number of aliphatic hydroxyl groups is 2. The molecule has 0 radical (unpaired) electrons. The Morgan fingerprint density at radius 1 is 0.762 bits per heavy atom. The summed E-state index contributed by atoms with van der Waals surface area (Å²) in [5.74, 6) is -0.707. The summed E-state index contributed by atoms with van der Waals surface area (Å²) in [6, 6.07) is 0. The first-order valence-corrected chi connectivity index (χ1v) is 8.65. The van der Waals surface area contributed by atoms with Gasteiger partial charge >= 0.3 is 5.97 Å². The fourth-order valence-corrected chi connectivity index (χ4v) is 2.50. The molecule has 0 aromatic heterocycles. The molecule has 2 unspecified atom stereocenters. The fraction of sp³-hybridized carbons (Fsp3) is 0.941. The van der Waals surface area contributed by atoms with Gasteiger partial charge in [-0.05, 0) is 19.3 Å². The van der Waals surface area contributed by atoms with Gasteiger partial charge in [-0.15, -0.1) is 0 Å². The van der Waals surface area contributed by atoms with Gasteiger partial charge in [0.25, 0.3) is 0 Å². The lowest BCUT2D eigenvalue weighted by molar-refractivity contribution is -0.137. The Labute approximate surface area is 129 Å². The summed E-state index contributed by atoms with van der Waals surface area (Å²) in [5.41, 5.74) is 0. The highest BCUT2D eigenvalue weighted by molar-refractivity contribution is 5.66. The highest BCUT2D eigenvalue weighted by atomic mass is 16.4. The Morgan fingerprint density at radius 2 is 1.19 bits per heavy atom. The van der Waals surface area contributed by atoms with Crippen molar-refractivity contribution in [3.05, 3.63) is 0 Å². The monoisotopic (exact) mass is 302 g/mol. The van der Waals surface area contributed by atoms with Gasteiger partial charge in [-0.2, -0.15) is 0 Å². The third kappa shape index (κ3) is 14.1. The first-order valence-electron chi connectivity index (χ1n) is 8.65. The summed E-state index contributed by atoms with van der Waals surface area (Å²) in [4.78, 5) is 10.3. The molecule has 0 rings (SSSR count). The molecule has 0 aliphatic rings. The molecule has 0 aromatic rings. The van der Waals surface area contributed by atoms with E-state index in [2.05, 4.69) is 6.92 Å². The molecule has 0 bridgehead atoms. The molecular weight excluding hydrogens is 268 g/mol. The highest BCUT2D eigenvalue weighted by Gasteiger charge is 2.14. The van der Waals surface area contributed by atoms with Crippen LogP contribution in [0, 0.1) is 0 Å². The zero-order valence-electron chi connectivity index (χ0n) is 13.6. The van der Waals surface area contributed by atoms with Crippen LogP contribution in [0.5, 0.6) is 0 Å². The van der Waals surface area contributed by atoms with Crippen LogP contribution in [-0.4, -0.2) is 33.5 Å². The van der Waals surface area contributed by atoms with Gasteiger partial charge in [0.15, 0.2) is 0 Å². The van der Waals surface area contributed by atoms with E-state index in [0.29, 0.717) is 12.8 Å². The third-order valence-corrected chi connectivity index (χ3v) is 3.94. The number of hydrogen-bond acceptors (Lipinski definition) is 3. The number of carbonyl (C=O) groups is 1. The summed E-state index contributed by atoms with van der Waals surface area (Å²) in [5, 5.41) is 28.1. The molecule has 126 valence electrons. The van der Waals surface area contributed by atoms with Gasteiger partial charge in [0.2, 0.25) is 0 Å². The van der Waals surface area contributed by atoms with Gasteiger partial charge in [0, 0.05) is 6.42 Å². The van der Waals surface area contributed by atoms with E-state index in [0.717, 1.165) is 64.2 Å². The first-order chi connectivity index (χ1) is 10.1. The molecule has 0 spiro atoms. The average Bonchev–Trinajstić information content (AvgIpc) is 2.45. The lowest BCUT2D eigenvalue weighted by Crippen LogP contribution is -2.25. The Hall–Kier alpha value is -0.610. The van der Waals surface area contributed by atoms with E-state index in [1.165, 1.54) is 0 Å². The fourth-order valence-electron chi connectivity index (χ4n) is 2.50. The molecule has 0 saturated heterocycles. The molecule has 0 aliphatic carbocycles. The van der Waals surface area contributed by atoms with Crippen LogP contribution in [0.2, 0.25) is 0 Å². The summed E-state index contributed by atoms with van der Waals surface area (Å²) < 4.78 is 0. The number of rotatable bonds is 15. The normalized spacial score (nSPS) is 14.0. The predicted molar refractivity (Wildman–Crippen MR) is 85.3 cm³/mol. The van der Waals surface area contributed by atoms with E-state index in [1.807, 2.05) is 0 Å². The van der Waals surface area contributed by atoms with Gasteiger partial charge in [0.1, 0.15) is 0 Å². The van der Waals surface area contributed by atoms with Crippen molar-refractivity contribution in [1.82, 2.24) is 0 Å². The Morgan fingerprint density at radius 3 is 1.67 bits per heavy atom. The van der Waals surface area contributed by atoms with Crippen molar-refractivity contribution in [3.8, 4) is 0 Å². The SMILES string of the molecule is CCCCCC(O)C(O)CCCCCCCCCC(=O)O. The van der Waals surface area contributed by atoms with E-state index < -0.39 is 18.2 Å². The maximum absolute atomic E-state index is 10.3. The van der Waals surface area contributed by atoms with Crippen LogP contribution in [0.15, 0.2) is 0 Å². The van der Waals surface area contributed by atoms with Crippen LogP contribution < -0.4 is 0 Å². The van der Waals surface area contributed by atoms with Crippen molar-refractivity contribution in [3.63, 3.8) is 0 Å². The van der Waals surface area contributed by atoms with E-state index in [4.69, 9.17) is 5.11 Å². The molecule has 0 aromatic carbocycles. The van der Waals surface area contributed by atoms with Crippen LogP contribution in [0.25, 0.3) is 0 Å². The van der Waals surface area contributed by atoms with Crippen LogP contribution in [0.1, 0.15) is 90.4 Å². The summed E-state index contributed by atoms with van der Waals surface area (Å²) in [7, 11) is 0. The largest absolute Gasteiger partial charge is 0.481 e. The third-order valence-electron chi connectivity index (χ3n) is 3.94. The Bertz CT molecular complexity index is 243. The van der Waals surface area contributed by atoms with Crippen molar-refractivity contribution in [1.29, 1.82) is 0 Å². The van der Waals surface area contributed by atoms with Crippen LogP contribution in [-0.2, 0) is 4.79 Å². The second-order valence-corrected chi connectivity index (χ2v) is 6.04. The smallest absolute Gasteiger partial charge is 0.303 e. The number of unbranched alkanes of at least 4 members (excludes halogenated alkanes) is 8. The second kappa shape index (κ2) is 14.3. The van der Waals surface area contributed by atoms with Crippen LogP contribution in [0.4, 0.5) is 0 Å². The molecule has 0 aliphatic heterocycles. The van der Waals surface area contributed by atoms with Crippen LogP contribution >= 0.6 is 0 Å². The minimum Gasteiger partial charge on any atom is -0.481 e. The molecule has 4 heteroatoms. The molecule has 3 N–H and O–H groups in total. The molecule has 0 saturated carbocycles. The van der Waals surface area contributed by atoms with E-state index in [-0.39, 0.29) is 6.42 Å². The zero-order valence-corrected chi connectivity index (χ0v) is 13.6. The molecule has 2 atom stereocenters. The molecular formula is C17H34O4. The van der Waals surface area contributed by atoms with E-state index in [1.54, 1.807) is 0 Å². The first kappa shape index (κ1) is 20.4. The van der Waals surface area contributed by atoms with Crippen molar-refractivity contribution >= 4 is 5.97 Å². The maximum atomic E-state index is 10.3. The number of carboxylic acid groups (broad SMARTS) is 1. The standard InChI is InChI=1S/C17H34O4/c1-2-3-9-12-15(18)16(19)13-10-7-5-4-6-8-11-14-17(20)21/h15-16,18-19H,2-14H2,1H3,(H,20,21). The predicted octanol–water partition coefficient (Wildman–Crippen LogP) is 3.88. The van der Waals surface area contributed by atoms with Gasteiger partial charge in [-0.1, -0.05) is 64.7 Å². The second-order valence-electron chi connectivity index (χ2n) is 6.04. The highest BCUT2D eigenvalue weighted by Crippen LogP contribution is 2.14. The molecule has 0 heterocycles. The summed E-state index contributed by atoms with van der Waals surface area (Å²) in [6.45, 7) is 2.13. The van der Waals surface area contributed by atoms with Gasteiger partial charge in [0.05, 0.1) is 12.2 Å². The lowest BCUT2D eigenvalue weighted by Gasteiger charge is -2.17. The molecule has 0 fully saturated rings. The molecule has 0 amide bonds. The quantitative estimate of drug-likeness (QED) is 0.401. The number of aliphatic hydroxyl groups excluding tert-OH is 2. The van der Waals surface area contributed by atoms with Gasteiger partial charge in [-0.25, -0.2) is 0 Å². The van der Waals surface area contributed by atoms with Crippen molar-refractivity contribution in [2.75, 3.05) is 0 Å². The van der Waals surface area contributed by atoms with Crippen molar-refractivity contribution < 1.29 is 20.1 Å². The van der Waals surface area contributed by atoms with E-state index in [9.17, 15) is 15.0 Å². The Balaban J connectivity index is 3.31. The average molecular weight is 302 g/mol. The molecule has 21 heavy (non-hydrogen) atoms. The van der Waals surface area contributed by atoms with Crippen molar-refractivity contribution in [2.45, 2.75) is 103 Å². The lowest BCUT2D eigenvalue weighted by atomic mass is 10.00.